The van der Waals surface area contributed by atoms with Crippen molar-refractivity contribution in [2.45, 2.75) is 32.6 Å². The van der Waals surface area contributed by atoms with E-state index in [4.69, 9.17) is 4.74 Å². The van der Waals surface area contributed by atoms with Crippen LogP contribution in [0.2, 0.25) is 0 Å². The van der Waals surface area contributed by atoms with Gasteiger partial charge in [-0.3, -0.25) is 0 Å². The van der Waals surface area contributed by atoms with Gasteiger partial charge in [-0.15, -0.1) is 0 Å². The molecule has 1 N–H and O–H groups in total. The van der Waals surface area contributed by atoms with Crippen molar-refractivity contribution < 1.29 is 17.9 Å². The number of anilines is 1. The molecular formula is C14H22F3N3O. The van der Waals surface area contributed by atoms with Gasteiger partial charge >= 0.3 is 6.18 Å². The molecule has 0 aliphatic rings. The first-order valence-corrected chi connectivity index (χ1v) is 6.82. The molecule has 0 aliphatic carbocycles. The molecule has 0 aromatic carbocycles. The highest BCUT2D eigenvalue weighted by atomic mass is 19.4. The van der Waals surface area contributed by atoms with Gasteiger partial charge in [-0.25, -0.2) is 4.98 Å². The number of nitrogens with zero attached hydrogens (tertiary/aromatic N) is 2. The molecule has 1 heterocycles. The zero-order chi connectivity index (χ0) is 15.9. The fourth-order valence-electron chi connectivity index (χ4n) is 1.92. The quantitative estimate of drug-likeness (QED) is 0.749. The predicted molar refractivity (Wildman–Crippen MR) is 76.4 cm³/mol. The third kappa shape index (κ3) is 6.31. The summed E-state index contributed by atoms with van der Waals surface area (Å²) in [6.07, 6.45) is -2.75. The van der Waals surface area contributed by atoms with E-state index in [1.165, 1.54) is 11.1 Å². The van der Waals surface area contributed by atoms with E-state index in [2.05, 4.69) is 10.3 Å². The molecule has 120 valence electrons. The van der Waals surface area contributed by atoms with Crippen molar-refractivity contribution in [3.05, 3.63) is 23.9 Å². The Labute approximate surface area is 123 Å². The van der Waals surface area contributed by atoms with E-state index in [1.807, 2.05) is 0 Å². The van der Waals surface area contributed by atoms with Crippen molar-refractivity contribution in [1.82, 2.24) is 10.3 Å². The lowest BCUT2D eigenvalue weighted by molar-refractivity contribution is -0.120. The lowest BCUT2D eigenvalue weighted by atomic mass is 10.2. The minimum absolute atomic E-state index is 0.292. The number of alkyl halides is 3. The van der Waals surface area contributed by atoms with Gasteiger partial charge in [0.2, 0.25) is 0 Å². The van der Waals surface area contributed by atoms with Crippen molar-refractivity contribution in [2.75, 3.05) is 31.7 Å². The van der Waals surface area contributed by atoms with E-state index < -0.39 is 12.7 Å². The molecule has 0 radical (unpaired) electrons. The number of nitrogens with one attached hydrogen (secondary N) is 1. The van der Waals surface area contributed by atoms with Crippen LogP contribution in [0.25, 0.3) is 0 Å². The normalized spacial score (nSPS) is 12.0. The van der Waals surface area contributed by atoms with E-state index in [9.17, 15) is 13.2 Å². The zero-order valence-corrected chi connectivity index (χ0v) is 12.6. The average Bonchev–Trinajstić information content (AvgIpc) is 2.40. The van der Waals surface area contributed by atoms with Gasteiger partial charge in [-0.1, -0.05) is 6.07 Å². The van der Waals surface area contributed by atoms with Crippen LogP contribution in [-0.2, 0) is 11.3 Å². The second-order valence-electron chi connectivity index (χ2n) is 4.99. The Kier molecular flexibility index (Phi) is 6.91. The van der Waals surface area contributed by atoms with Gasteiger partial charge < -0.3 is 15.0 Å². The summed E-state index contributed by atoms with van der Waals surface area (Å²) in [4.78, 5) is 5.41. The van der Waals surface area contributed by atoms with Gasteiger partial charge in [0.15, 0.2) is 0 Å². The van der Waals surface area contributed by atoms with Gasteiger partial charge in [0.1, 0.15) is 12.4 Å². The number of methoxy groups -OCH3 is 1. The van der Waals surface area contributed by atoms with Gasteiger partial charge in [0.05, 0.1) is 6.61 Å². The lowest BCUT2D eigenvalue weighted by Crippen LogP contribution is -2.40. The molecule has 21 heavy (non-hydrogen) atoms. The molecule has 1 rings (SSSR count). The number of ether oxygens (including phenoxy) is 1. The number of halogens is 3. The SMILES string of the molecule is COCCNCc1cccnc1N(CC(F)(F)F)C(C)C. The molecule has 7 heteroatoms. The van der Waals surface area contributed by atoms with Gasteiger partial charge in [-0.2, -0.15) is 13.2 Å². The third-order valence-electron chi connectivity index (χ3n) is 2.91. The largest absolute Gasteiger partial charge is 0.405 e. The highest BCUT2D eigenvalue weighted by molar-refractivity contribution is 5.47. The molecule has 0 saturated carbocycles. The van der Waals surface area contributed by atoms with E-state index in [0.29, 0.717) is 25.5 Å². The first kappa shape index (κ1) is 17.7. The summed E-state index contributed by atoms with van der Waals surface area (Å²) in [6, 6.07) is 3.22. The fourth-order valence-corrected chi connectivity index (χ4v) is 1.92. The Morgan fingerprint density at radius 3 is 2.67 bits per heavy atom. The van der Waals surface area contributed by atoms with Crippen molar-refractivity contribution in [2.24, 2.45) is 0 Å². The Morgan fingerprint density at radius 2 is 2.10 bits per heavy atom. The fraction of sp³-hybridized carbons (Fsp3) is 0.643. The standard InChI is InChI=1S/C14H22F3N3O/c1-11(2)20(10-14(15,16)17)13-12(5-4-6-19-13)9-18-7-8-21-3/h4-6,11,18H,7-10H2,1-3H3. The molecule has 0 bridgehead atoms. The molecule has 0 fully saturated rings. The average molecular weight is 305 g/mol. The van der Waals surface area contributed by atoms with Crippen molar-refractivity contribution in [1.29, 1.82) is 0 Å². The van der Waals surface area contributed by atoms with E-state index in [1.54, 1.807) is 33.1 Å². The summed E-state index contributed by atoms with van der Waals surface area (Å²) in [6.45, 7) is 4.07. The van der Waals surface area contributed by atoms with E-state index in [-0.39, 0.29) is 6.04 Å². The number of hydrogen-bond acceptors (Lipinski definition) is 4. The number of pyridine rings is 1. The summed E-state index contributed by atoms with van der Waals surface area (Å²) >= 11 is 0. The van der Waals surface area contributed by atoms with Crippen LogP contribution >= 0.6 is 0 Å². The van der Waals surface area contributed by atoms with Gasteiger partial charge in [0.25, 0.3) is 0 Å². The topological polar surface area (TPSA) is 37.4 Å². The van der Waals surface area contributed by atoms with E-state index >= 15 is 0 Å². The molecule has 4 nitrogen and oxygen atoms in total. The van der Waals surface area contributed by atoms with Crippen LogP contribution in [-0.4, -0.2) is 44.0 Å². The van der Waals surface area contributed by atoms with Gasteiger partial charge in [0, 0.05) is 38.0 Å². The van der Waals surface area contributed by atoms with Gasteiger partial charge in [-0.05, 0) is 19.9 Å². The highest BCUT2D eigenvalue weighted by Gasteiger charge is 2.33. The second-order valence-corrected chi connectivity index (χ2v) is 4.99. The highest BCUT2D eigenvalue weighted by Crippen LogP contribution is 2.25. The molecule has 0 atom stereocenters. The maximum absolute atomic E-state index is 12.7. The zero-order valence-electron chi connectivity index (χ0n) is 12.6. The molecule has 0 saturated heterocycles. The summed E-state index contributed by atoms with van der Waals surface area (Å²) < 4.78 is 43.1. The van der Waals surface area contributed by atoms with Crippen molar-refractivity contribution >= 4 is 5.82 Å². The summed E-state index contributed by atoms with van der Waals surface area (Å²) in [5.41, 5.74) is 0.742. The molecule has 0 aliphatic heterocycles. The summed E-state index contributed by atoms with van der Waals surface area (Å²) in [5, 5.41) is 3.13. The minimum atomic E-state index is -4.26. The van der Waals surface area contributed by atoms with Crippen LogP contribution in [0.1, 0.15) is 19.4 Å². The Morgan fingerprint density at radius 1 is 1.38 bits per heavy atom. The maximum Gasteiger partial charge on any atom is 0.405 e. The smallest absolute Gasteiger partial charge is 0.383 e. The molecule has 1 aromatic heterocycles. The number of aromatic nitrogens is 1. The minimum Gasteiger partial charge on any atom is -0.383 e. The summed E-state index contributed by atoms with van der Waals surface area (Å²) in [7, 11) is 1.60. The lowest BCUT2D eigenvalue weighted by Gasteiger charge is -2.30. The van der Waals surface area contributed by atoms with Crippen LogP contribution in [0.4, 0.5) is 19.0 Å². The second kappa shape index (κ2) is 8.19. The van der Waals surface area contributed by atoms with Crippen LogP contribution in [0.5, 0.6) is 0 Å². The Hall–Kier alpha value is -1.34. The first-order chi connectivity index (χ1) is 9.85. The van der Waals surface area contributed by atoms with Crippen LogP contribution in [0.3, 0.4) is 0 Å². The number of hydrogen-bond donors (Lipinski definition) is 1. The Balaban J connectivity index is 2.87. The maximum atomic E-state index is 12.7. The molecule has 0 amide bonds. The predicted octanol–water partition coefficient (Wildman–Crippen LogP) is 2.59. The molecular weight excluding hydrogens is 283 g/mol. The van der Waals surface area contributed by atoms with Crippen LogP contribution < -0.4 is 10.2 Å². The van der Waals surface area contributed by atoms with Crippen LogP contribution in [0, 0.1) is 0 Å². The van der Waals surface area contributed by atoms with Crippen molar-refractivity contribution in [3.63, 3.8) is 0 Å². The van der Waals surface area contributed by atoms with Crippen molar-refractivity contribution in [3.8, 4) is 0 Å². The monoisotopic (exact) mass is 305 g/mol. The molecule has 1 aromatic rings. The van der Waals surface area contributed by atoms with E-state index in [0.717, 1.165) is 5.56 Å². The molecule has 0 spiro atoms. The Bertz CT molecular complexity index is 424. The third-order valence-corrected chi connectivity index (χ3v) is 2.91. The summed E-state index contributed by atoms with van der Waals surface area (Å²) in [5.74, 6) is 0.370. The van der Waals surface area contributed by atoms with Crippen LogP contribution in [0.15, 0.2) is 18.3 Å². The number of rotatable bonds is 8. The first-order valence-electron chi connectivity index (χ1n) is 6.82. The molecule has 0 unspecified atom stereocenters.